The molecule has 152 valence electrons. The number of benzene rings is 1. The largest absolute Gasteiger partial charge is 0.416 e. The average molecular weight is 410 g/mol. The lowest BCUT2D eigenvalue weighted by molar-refractivity contribution is -0.138. The van der Waals surface area contributed by atoms with E-state index >= 15 is 0 Å². The van der Waals surface area contributed by atoms with Gasteiger partial charge in [0, 0.05) is 26.2 Å². The summed E-state index contributed by atoms with van der Waals surface area (Å²) >= 11 is 0. The highest BCUT2D eigenvalue weighted by molar-refractivity contribution is 7.89. The summed E-state index contributed by atoms with van der Waals surface area (Å²) in [6.45, 7) is 2.94. The highest BCUT2D eigenvalue weighted by atomic mass is 32.2. The van der Waals surface area contributed by atoms with Crippen molar-refractivity contribution < 1.29 is 26.0 Å². The third kappa shape index (κ3) is 6.06. The highest BCUT2D eigenvalue weighted by Crippen LogP contribution is 2.32. The van der Waals surface area contributed by atoms with Crippen molar-refractivity contribution in [2.45, 2.75) is 26.1 Å². The first-order valence-corrected chi connectivity index (χ1v) is 10.1. The summed E-state index contributed by atoms with van der Waals surface area (Å²) in [7, 11) is -3.21. The Kier molecular flexibility index (Phi) is 7.04. The Labute approximate surface area is 155 Å². The van der Waals surface area contributed by atoms with Crippen molar-refractivity contribution in [2.24, 2.45) is 4.99 Å². The van der Waals surface area contributed by atoms with E-state index in [0.29, 0.717) is 25.6 Å². The predicted molar refractivity (Wildman–Crippen MR) is 94.2 cm³/mol. The van der Waals surface area contributed by atoms with E-state index in [4.69, 9.17) is 0 Å². The van der Waals surface area contributed by atoms with E-state index in [1.165, 1.54) is 4.31 Å². The van der Waals surface area contributed by atoms with Crippen molar-refractivity contribution >= 4 is 16.0 Å². The number of nitrogens with one attached hydrogen (secondary N) is 2. The van der Waals surface area contributed by atoms with Crippen LogP contribution in [0, 0.1) is 5.82 Å². The van der Waals surface area contributed by atoms with E-state index in [0.717, 1.165) is 12.1 Å². The molecule has 0 aromatic heterocycles. The molecule has 6 nitrogen and oxygen atoms in total. The molecule has 0 spiro atoms. The first-order valence-electron chi connectivity index (χ1n) is 8.49. The highest BCUT2D eigenvalue weighted by Gasteiger charge is 2.33. The van der Waals surface area contributed by atoms with Crippen LogP contribution in [-0.4, -0.2) is 50.6 Å². The number of hydrogen-bond acceptors (Lipinski definition) is 3. The van der Waals surface area contributed by atoms with Gasteiger partial charge in [-0.05, 0) is 31.0 Å². The van der Waals surface area contributed by atoms with Gasteiger partial charge in [-0.3, -0.25) is 0 Å². The number of halogens is 4. The molecule has 1 aromatic carbocycles. The zero-order valence-electron chi connectivity index (χ0n) is 14.8. The first kappa shape index (κ1) is 21.4. The Morgan fingerprint density at radius 1 is 1.30 bits per heavy atom. The molecule has 0 aliphatic carbocycles. The molecular weight excluding hydrogens is 388 g/mol. The minimum absolute atomic E-state index is 0.131. The molecule has 1 aliphatic rings. The van der Waals surface area contributed by atoms with Crippen LogP contribution in [0.5, 0.6) is 0 Å². The van der Waals surface area contributed by atoms with Gasteiger partial charge < -0.3 is 10.6 Å². The summed E-state index contributed by atoms with van der Waals surface area (Å²) in [4.78, 5) is 4.09. The van der Waals surface area contributed by atoms with Crippen LogP contribution >= 0.6 is 0 Å². The van der Waals surface area contributed by atoms with Gasteiger partial charge in [0.25, 0.3) is 0 Å². The van der Waals surface area contributed by atoms with Crippen molar-refractivity contribution in [1.82, 2.24) is 14.9 Å². The standard InChI is InChI=1S/C16H22F4N4O2S/c1-2-21-15(22-6-8-24-7-3-9-27(24,25)26)23-11-12-4-5-13(17)10-14(12)16(18,19)20/h4-5,10H,2-3,6-9,11H2,1H3,(H2,21,22,23). The monoisotopic (exact) mass is 410 g/mol. The molecule has 2 rings (SSSR count). The lowest BCUT2D eigenvalue weighted by Gasteiger charge is -2.17. The Morgan fingerprint density at radius 2 is 2.04 bits per heavy atom. The van der Waals surface area contributed by atoms with Gasteiger partial charge in [0.1, 0.15) is 5.82 Å². The molecule has 0 amide bonds. The Balaban J connectivity index is 2.03. The van der Waals surface area contributed by atoms with Crippen LogP contribution in [0.3, 0.4) is 0 Å². The smallest absolute Gasteiger partial charge is 0.357 e. The molecule has 1 aromatic rings. The molecule has 2 N–H and O–H groups in total. The van der Waals surface area contributed by atoms with Crippen LogP contribution in [0.2, 0.25) is 0 Å². The number of rotatable bonds is 6. The van der Waals surface area contributed by atoms with E-state index in [1.807, 2.05) is 0 Å². The summed E-state index contributed by atoms with van der Waals surface area (Å²) in [5.74, 6) is -0.579. The number of nitrogens with zero attached hydrogens (tertiary/aromatic N) is 2. The quantitative estimate of drug-likeness (QED) is 0.427. The van der Waals surface area contributed by atoms with Crippen LogP contribution in [0.25, 0.3) is 0 Å². The van der Waals surface area contributed by atoms with Gasteiger partial charge >= 0.3 is 6.18 Å². The van der Waals surface area contributed by atoms with Crippen molar-refractivity contribution in [1.29, 1.82) is 0 Å². The molecule has 0 radical (unpaired) electrons. The van der Waals surface area contributed by atoms with Gasteiger partial charge in [-0.15, -0.1) is 0 Å². The number of guanidine groups is 1. The molecule has 1 fully saturated rings. The fourth-order valence-electron chi connectivity index (χ4n) is 2.70. The average Bonchev–Trinajstić information content (AvgIpc) is 2.91. The Bertz CT molecular complexity index is 781. The molecule has 27 heavy (non-hydrogen) atoms. The maximum Gasteiger partial charge on any atom is 0.416 e. The lowest BCUT2D eigenvalue weighted by atomic mass is 10.1. The van der Waals surface area contributed by atoms with Gasteiger partial charge in [-0.1, -0.05) is 6.07 Å². The third-order valence-corrected chi connectivity index (χ3v) is 5.94. The van der Waals surface area contributed by atoms with Crippen LogP contribution in [0.15, 0.2) is 23.2 Å². The van der Waals surface area contributed by atoms with E-state index in [9.17, 15) is 26.0 Å². The summed E-state index contributed by atoms with van der Waals surface area (Å²) < 4.78 is 77.1. The van der Waals surface area contributed by atoms with Crippen molar-refractivity contribution in [3.8, 4) is 0 Å². The number of alkyl halides is 3. The van der Waals surface area contributed by atoms with Gasteiger partial charge in [-0.25, -0.2) is 22.1 Å². The van der Waals surface area contributed by atoms with Crippen LogP contribution < -0.4 is 10.6 Å². The van der Waals surface area contributed by atoms with Gasteiger partial charge in [0.2, 0.25) is 10.0 Å². The van der Waals surface area contributed by atoms with E-state index in [1.54, 1.807) is 6.92 Å². The van der Waals surface area contributed by atoms with Crippen molar-refractivity contribution in [2.75, 3.05) is 31.9 Å². The van der Waals surface area contributed by atoms with E-state index in [2.05, 4.69) is 15.6 Å². The molecule has 0 unspecified atom stereocenters. The predicted octanol–water partition coefficient (Wildman–Crippen LogP) is 1.94. The van der Waals surface area contributed by atoms with Gasteiger partial charge in [-0.2, -0.15) is 13.2 Å². The van der Waals surface area contributed by atoms with Gasteiger partial charge in [0.05, 0.1) is 17.9 Å². The fourth-order valence-corrected chi connectivity index (χ4v) is 4.23. The molecule has 0 atom stereocenters. The molecule has 0 saturated carbocycles. The Morgan fingerprint density at radius 3 is 2.63 bits per heavy atom. The number of hydrogen-bond donors (Lipinski definition) is 2. The lowest BCUT2D eigenvalue weighted by Crippen LogP contribution is -2.42. The van der Waals surface area contributed by atoms with Gasteiger partial charge in [0.15, 0.2) is 5.96 Å². The number of sulfonamides is 1. The van der Waals surface area contributed by atoms with Crippen molar-refractivity contribution in [3.63, 3.8) is 0 Å². The molecule has 1 aliphatic heterocycles. The summed E-state index contributed by atoms with van der Waals surface area (Å²) in [6, 6.07) is 2.46. The second kappa shape index (κ2) is 8.87. The minimum Gasteiger partial charge on any atom is -0.357 e. The summed E-state index contributed by atoms with van der Waals surface area (Å²) in [5.41, 5.74) is -1.21. The second-order valence-electron chi connectivity index (χ2n) is 5.99. The zero-order valence-corrected chi connectivity index (χ0v) is 15.6. The maximum atomic E-state index is 13.2. The Hall–Kier alpha value is -1.88. The topological polar surface area (TPSA) is 73.8 Å². The normalized spacial score (nSPS) is 17.9. The molecule has 0 bridgehead atoms. The first-order chi connectivity index (χ1) is 12.6. The maximum absolute atomic E-state index is 13.2. The summed E-state index contributed by atoms with van der Waals surface area (Å²) in [6.07, 6.45) is -4.09. The molecule has 1 saturated heterocycles. The third-order valence-electron chi connectivity index (χ3n) is 3.99. The molecule has 11 heteroatoms. The van der Waals surface area contributed by atoms with E-state index in [-0.39, 0.29) is 36.9 Å². The van der Waals surface area contributed by atoms with Crippen molar-refractivity contribution in [3.05, 3.63) is 35.1 Å². The van der Waals surface area contributed by atoms with Crippen LogP contribution in [-0.2, 0) is 22.7 Å². The van der Waals surface area contributed by atoms with Crippen LogP contribution in [0.1, 0.15) is 24.5 Å². The zero-order chi connectivity index (χ0) is 20.1. The number of aliphatic imine (C=N–C) groups is 1. The summed E-state index contributed by atoms with van der Waals surface area (Å²) in [5, 5.41) is 5.79. The minimum atomic E-state index is -4.68. The molecular formula is C16H22F4N4O2S. The fraction of sp³-hybridized carbons (Fsp3) is 0.562. The molecule has 1 heterocycles. The SMILES string of the molecule is CCNC(=NCc1ccc(F)cc1C(F)(F)F)NCCN1CCCS1(=O)=O. The van der Waals surface area contributed by atoms with Crippen LogP contribution in [0.4, 0.5) is 17.6 Å². The van der Waals surface area contributed by atoms with E-state index < -0.39 is 27.6 Å². The second-order valence-corrected chi connectivity index (χ2v) is 8.08.